The molecule has 0 aromatic heterocycles. The highest BCUT2D eigenvalue weighted by atomic mass is 32.2. The highest BCUT2D eigenvalue weighted by molar-refractivity contribution is 7.86. The van der Waals surface area contributed by atoms with Gasteiger partial charge < -0.3 is 9.47 Å². The molecule has 4 rings (SSSR count). The number of rotatable bonds is 5. The summed E-state index contributed by atoms with van der Waals surface area (Å²) in [6.45, 7) is -0.809. The molecular weight excluding hydrogens is 315 g/mol. The Hall–Kier alpha value is -0.890. The second-order valence-corrected chi connectivity index (χ2v) is 8.73. The third-order valence-corrected chi connectivity index (χ3v) is 6.10. The van der Waals surface area contributed by atoms with Gasteiger partial charge in [0.15, 0.2) is 0 Å². The monoisotopic (exact) mass is 336 g/mol. The van der Waals surface area contributed by atoms with Gasteiger partial charge in [-0.3, -0.25) is 4.55 Å². The van der Waals surface area contributed by atoms with Crippen molar-refractivity contribution < 1.29 is 31.6 Å². The summed E-state index contributed by atoms with van der Waals surface area (Å²) in [4.78, 5) is 11.5. The molecular formula is C14H21FO6S. The highest BCUT2D eigenvalue weighted by Gasteiger charge is 2.51. The van der Waals surface area contributed by atoms with Crippen molar-refractivity contribution in [1.82, 2.24) is 0 Å². The molecule has 0 radical (unpaired) electrons. The summed E-state index contributed by atoms with van der Waals surface area (Å²) in [6.07, 6.45) is 5.93. The van der Waals surface area contributed by atoms with Gasteiger partial charge in [-0.15, -0.1) is 0 Å². The van der Waals surface area contributed by atoms with Crippen molar-refractivity contribution in [3.05, 3.63) is 0 Å². The van der Waals surface area contributed by atoms with Crippen LogP contribution in [0.15, 0.2) is 0 Å². The first-order valence-electron chi connectivity index (χ1n) is 7.66. The lowest BCUT2D eigenvalue weighted by molar-refractivity contribution is -0.0903. The second-order valence-electron chi connectivity index (χ2n) is 7.19. The molecule has 0 aromatic rings. The van der Waals surface area contributed by atoms with Gasteiger partial charge in [-0.25, -0.2) is 9.18 Å². The molecule has 22 heavy (non-hydrogen) atoms. The van der Waals surface area contributed by atoms with Gasteiger partial charge in [-0.2, -0.15) is 8.42 Å². The molecule has 1 atom stereocenters. The number of ether oxygens (including phenoxy) is 2. The van der Waals surface area contributed by atoms with Crippen LogP contribution in [0.25, 0.3) is 0 Å². The smallest absolute Gasteiger partial charge is 0.434 e. The van der Waals surface area contributed by atoms with Crippen LogP contribution in [-0.4, -0.2) is 37.8 Å². The van der Waals surface area contributed by atoms with Gasteiger partial charge in [0.1, 0.15) is 13.2 Å². The van der Waals surface area contributed by atoms with Gasteiger partial charge in [0.25, 0.3) is 5.50 Å². The van der Waals surface area contributed by atoms with E-state index in [-0.39, 0.29) is 12.0 Å². The molecule has 4 aliphatic carbocycles. The molecule has 8 heteroatoms. The molecule has 1 unspecified atom stereocenters. The maximum atomic E-state index is 13.0. The third kappa shape index (κ3) is 3.37. The zero-order chi connectivity index (χ0) is 16.0. The van der Waals surface area contributed by atoms with E-state index in [1.54, 1.807) is 0 Å². The van der Waals surface area contributed by atoms with E-state index < -0.39 is 28.4 Å². The summed E-state index contributed by atoms with van der Waals surface area (Å²) in [5, 5.41) is 0. The molecule has 0 spiro atoms. The molecule has 0 aliphatic heterocycles. The van der Waals surface area contributed by atoms with Crippen LogP contribution in [-0.2, 0) is 19.6 Å². The van der Waals surface area contributed by atoms with Crippen LogP contribution < -0.4 is 0 Å². The lowest BCUT2D eigenvalue weighted by Crippen LogP contribution is -2.48. The second kappa shape index (κ2) is 5.63. The Bertz CT molecular complexity index is 510. The first-order chi connectivity index (χ1) is 10.3. The zero-order valence-corrected chi connectivity index (χ0v) is 13.1. The minimum absolute atomic E-state index is 0.0198. The minimum atomic E-state index is -4.85. The first kappa shape index (κ1) is 16.0. The van der Waals surface area contributed by atoms with E-state index in [4.69, 9.17) is 9.29 Å². The van der Waals surface area contributed by atoms with Crippen molar-refractivity contribution in [2.24, 2.45) is 23.2 Å². The Morgan fingerprint density at radius 1 is 1.14 bits per heavy atom. The Kier molecular flexibility index (Phi) is 4.09. The van der Waals surface area contributed by atoms with Crippen molar-refractivity contribution in [3.8, 4) is 0 Å². The molecule has 0 aromatic carbocycles. The maximum absolute atomic E-state index is 13.0. The average Bonchev–Trinajstić information content (AvgIpc) is 2.40. The summed E-state index contributed by atoms with van der Waals surface area (Å²) in [6, 6.07) is 0. The van der Waals surface area contributed by atoms with E-state index in [9.17, 15) is 17.6 Å². The number of hydrogen-bond donors (Lipinski definition) is 1. The summed E-state index contributed by atoms with van der Waals surface area (Å²) in [5.74, 6) is 2.17. The van der Waals surface area contributed by atoms with Crippen LogP contribution in [0.3, 0.4) is 0 Å². The summed E-state index contributed by atoms with van der Waals surface area (Å²) in [7, 11) is -4.85. The topological polar surface area (TPSA) is 89.9 Å². The largest absolute Gasteiger partial charge is 0.508 e. The van der Waals surface area contributed by atoms with Crippen LogP contribution in [0, 0.1) is 23.2 Å². The predicted molar refractivity (Wildman–Crippen MR) is 74.3 cm³/mol. The Morgan fingerprint density at radius 2 is 1.64 bits per heavy atom. The normalized spacial score (nSPS) is 37.8. The molecule has 4 bridgehead atoms. The van der Waals surface area contributed by atoms with Crippen LogP contribution in [0.2, 0.25) is 0 Å². The first-order valence-corrected chi connectivity index (χ1v) is 9.16. The SMILES string of the molecule is O=C(OCC(F)S(=O)(=O)O)OCC12CC3CC(CC(C3)C1)C2. The third-order valence-electron chi connectivity index (χ3n) is 5.32. The van der Waals surface area contributed by atoms with Crippen LogP contribution >= 0.6 is 0 Å². The molecule has 4 fully saturated rings. The van der Waals surface area contributed by atoms with Crippen molar-refractivity contribution in [3.63, 3.8) is 0 Å². The fourth-order valence-corrected chi connectivity index (χ4v) is 5.18. The molecule has 0 saturated heterocycles. The van der Waals surface area contributed by atoms with Crippen LogP contribution in [0.4, 0.5) is 9.18 Å². The highest BCUT2D eigenvalue weighted by Crippen LogP contribution is 2.60. The van der Waals surface area contributed by atoms with Gasteiger partial charge in [-0.05, 0) is 56.3 Å². The Labute approximate surface area is 129 Å². The number of halogens is 1. The minimum Gasteiger partial charge on any atom is -0.434 e. The van der Waals surface area contributed by atoms with Crippen LogP contribution in [0.1, 0.15) is 38.5 Å². The average molecular weight is 336 g/mol. The number of alkyl halides is 1. The van der Waals surface area contributed by atoms with Gasteiger partial charge in [0.2, 0.25) is 0 Å². The van der Waals surface area contributed by atoms with Gasteiger partial charge in [0, 0.05) is 5.41 Å². The zero-order valence-electron chi connectivity index (χ0n) is 12.2. The summed E-state index contributed by atoms with van der Waals surface area (Å²) < 4.78 is 51.9. The van der Waals surface area contributed by atoms with Crippen molar-refractivity contribution in [2.45, 2.75) is 44.0 Å². The van der Waals surface area contributed by atoms with E-state index in [1.165, 1.54) is 19.3 Å². The fraction of sp³-hybridized carbons (Fsp3) is 0.929. The molecule has 0 heterocycles. The van der Waals surface area contributed by atoms with E-state index in [0.29, 0.717) is 0 Å². The van der Waals surface area contributed by atoms with Crippen molar-refractivity contribution in [2.75, 3.05) is 13.2 Å². The summed E-state index contributed by atoms with van der Waals surface area (Å²) in [5.41, 5.74) is -2.62. The van der Waals surface area contributed by atoms with E-state index >= 15 is 0 Å². The lowest BCUT2D eigenvalue weighted by atomic mass is 9.50. The molecule has 1 N–H and O–H groups in total. The number of carbonyl (C=O) groups is 1. The summed E-state index contributed by atoms with van der Waals surface area (Å²) >= 11 is 0. The molecule has 126 valence electrons. The standard InChI is InChI=1S/C14H21FO6S/c15-12(22(17,18)19)7-20-13(16)21-8-14-4-9-1-10(5-14)3-11(2-9)6-14/h9-12H,1-8H2,(H,17,18,19). The van der Waals surface area contributed by atoms with Gasteiger partial charge in [-0.1, -0.05) is 0 Å². The van der Waals surface area contributed by atoms with Crippen molar-refractivity contribution >= 4 is 16.3 Å². The maximum Gasteiger partial charge on any atom is 0.508 e. The van der Waals surface area contributed by atoms with Crippen molar-refractivity contribution in [1.29, 1.82) is 0 Å². The molecule has 0 amide bonds. The predicted octanol–water partition coefficient (Wildman–Crippen LogP) is 2.54. The number of carbonyl (C=O) groups excluding carboxylic acids is 1. The number of hydrogen-bond acceptors (Lipinski definition) is 5. The van der Waals surface area contributed by atoms with Gasteiger partial charge in [0.05, 0.1) is 0 Å². The molecule has 4 aliphatic rings. The fourth-order valence-electron chi connectivity index (χ4n) is 4.94. The molecule has 4 saturated carbocycles. The van der Waals surface area contributed by atoms with Gasteiger partial charge >= 0.3 is 16.3 Å². The Balaban J connectivity index is 1.47. The quantitative estimate of drug-likeness (QED) is 0.613. The van der Waals surface area contributed by atoms with E-state index in [2.05, 4.69) is 4.74 Å². The molecule has 6 nitrogen and oxygen atoms in total. The van der Waals surface area contributed by atoms with E-state index in [1.807, 2.05) is 0 Å². The lowest BCUT2D eigenvalue weighted by Gasteiger charge is -2.56. The van der Waals surface area contributed by atoms with Crippen LogP contribution in [0.5, 0.6) is 0 Å². The Morgan fingerprint density at radius 3 is 2.09 bits per heavy atom. The van der Waals surface area contributed by atoms with E-state index in [0.717, 1.165) is 37.0 Å².